The molecule has 5 heterocycles. The van der Waals surface area contributed by atoms with E-state index >= 15 is 0 Å². The summed E-state index contributed by atoms with van der Waals surface area (Å²) in [6.07, 6.45) is 9.93. The van der Waals surface area contributed by atoms with E-state index in [2.05, 4.69) is 76.9 Å². The maximum absolute atomic E-state index is 6.13. The van der Waals surface area contributed by atoms with Gasteiger partial charge in [0.1, 0.15) is 11.4 Å². The minimum Gasteiger partial charge on any atom is -0.356 e. The molecule has 0 bridgehead atoms. The van der Waals surface area contributed by atoms with Gasteiger partial charge < -0.3 is 10.1 Å². The predicted molar refractivity (Wildman–Crippen MR) is 147 cm³/mol. The van der Waals surface area contributed by atoms with Crippen LogP contribution >= 0.6 is 0 Å². The number of ether oxygens (including phenoxy) is 1. The van der Waals surface area contributed by atoms with Gasteiger partial charge in [-0.3, -0.25) is 4.98 Å². The zero-order chi connectivity index (χ0) is 25.6. The molecule has 0 radical (unpaired) electrons. The molecule has 2 aromatic carbocycles. The number of nitrogens with zero attached hydrogens (tertiary/aromatic N) is 6. The van der Waals surface area contributed by atoms with E-state index in [0.717, 1.165) is 83.5 Å². The molecule has 192 valence electrons. The molecule has 2 aliphatic rings. The molecule has 1 fully saturated rings. The first-order valence-corrected chi connectivity index (χ1v) is 13.5. The largest absolute Gasteiger partial charge is 0.356 e. The summed E-state index contributed by atoms with van der Waals surface area (Å²) < 4.78 is 10.0. The summed E-state index contributed by atoms with van der Waals surface area (Å²) in [6.45, 7) is 6.05. The van der Waals surface area contributed by atoms with Crippen LogP contribution in [0.5, 0.6) is 0 Å². The molecule has 5 aromatic rings. The van der Waals surface area contributed by atoms with Crippen molar-refractivity contribution in [3.63, 3.8) is 0 Å². The summed E-state index contributed by atoms with van der Waals surface area (Å²) in [5, 5.41) is 18.8. The Morgan fingerprint density at radius 1 is 1.03 bits per heavy atom. The molecule has 8 nitrogen and oxygen atoms in total. The zero-order valence-electron chi connectivity index (χ0n) is 21.8. The van der Waals surface area contributed by atoms with Gasteiger partial charge in [-0.15, -0.1) is 5.10 Å². The third-order valence-corrected chi connectivity index (χ3v) is 7.78. The first-order valence-electron chi connectivity index (χ1n) is 13.5. The van der Waals surface area contributed by atoms with Crippen LogP contribution in [0.1, 0.15) is 55.1 Å². The van der Waals surface area contributed by atoms with E-state index in [1.807, 2.05) is 28.0 Å². The van der Waals surface area contributed by atoms with Crippen molar-refractivity contribution >= 4 is 10.9 Å². The van der Waals surface area contributed by atoms with Gasteiger partial charge in [0.2, 0.25) is 0 Å². The molecule has 0 saturated carbocycles. The first kappa shape index (κ1) is 23.3. The quantitative estimate of drug-likeness (QED) is 0.344. The van der Waals surface area contributed by atoms with Gasteiger partial charge in [-0.05, 0) is 98.7 Å². The fourth-order valence-corrected chi connectivity index (χ4v) is 5.75. The lowest BCUT2D eigenvalue weighted by Crippen LogP contribution is -2.27. The number of benzene rings is 2. The van der Waals surface area contributed by atoms with Crippen LogP contribution < -0.4 is 5.32 Å². The van der Waals surface area contributed by atoms with Gasteiger partial charge >= 0.3 is 0 Å². The van der Waals surface area contributed by atoms with E-state index in [-0.39, 0.29) is 6.23 Å². The van der Waals surface area contributed by atoms with Crippen LogP contribution in [0.15, 0.2) is 61.1 Å². The van der Waals surface area contributed by atoms with Crippen molar-refractivity contribution in [2.75, 3.05) is 13.2 Å². The van der Waals surface area contributed by atoms with Crippen LogP contribution in [-0.2, 0) is 11.2 Å². The van der Waals surface area contributed by atoms with E-state index in [9.17, 15) is 0 Å². The molecule has 2 aliphatic heterocycles. The smallest absolute Gasteiger partial charge is 0.150 e. The van der Waals surface area contributed by atoms with E-state index in [1.54, 1.807) is 0 Å². The molecule has 0 amide bonds. The van der Waals surface area contributed by atoms with E-state index in [0.29, 0.717) is 6.04 Å². The third-order valence-electron chi connectivity index (χ3n) is 7.78. The number of rotatable bonds is 4. The molecule has 38 heavy (non-hydrogen) atoms. The first-order chi connectivity index (χ1) is 18.6. The Balaban J connectivity index is 1.33. The highest BCUT2D eigenvalue weighted by molar-refractivity contribution is 5.95. The monoisotopic (exact) mass is 505 g/mol. The maximum atomic E-state index is 6.13. The molecule has 8 heteroatoms. The zero-order valence-corrected chi connectivity index (χ0v) is 21.8. The number of fused-ring (bicyclic) bond motifs is 2. The molecule has 2 unspecified atom stereocenters. The topological polar surface area (TPSA) is 82.7 Å². The van der Waals surface area contributed by atoms with Crippen LogP contribution in [0.3, 0.4) is 0 Å². The average molecular weight is 506 g/mol. The molecule has 7 rings (SSSR count). The summed E-state index contributed by atoms with van der Waals surface area (Å²) in [7, 11) is 0. The van der Waals surface area contributed by atoms with Crippen molar-refractivity contribution in [2.45, 2.75) is 51.8 Å². The van der Waals surface area contributed by atoms with Gasteiger partial charge in [0.15, 0.2) is 6.23 Å². The SMILES string of the molecule is Cc1cncc(-c2ccc3c(c2)c(-c2cn(-c4ccc5c(c4)C(C)NCC5)nn2)nn3C2CCCCO2)c1. The van der Waals surface area contributed by atoms with Crippen LogP contribution in [-0.4, -0.2) is 42.9 Å². The second kappa shape index (κ2) is 9.45. The summed E-state index contributed by atoms with van der Waals surface area (Å²) in [6, 6.07) is 15.5. The molecule has 1 saturated heterocycles. The van der Waals surface area contributed by atoms with Crippen molar-refractivity contribution in [3.05, 3.63) is 77.7 Å². The Hall–Kier alpha value is -3.88. The predicted octanol–water partition coefficient (Wildman–Crippen LogP) is 5.56. The van der Waals surface area contributed by atoms with Crippen LogP contribution in [0.2, 0.25) is 0 Å². The number of pyridine rings is 1. The number of nitrogens with one attached hydrogen (secondary N) is 1. The Kier molecular flexibility index (Phi) is 5.78. The van der Waals surface area contributed by atoms with Crippen molar-refractivity contribution < 1.29 is 4.74 Å². The molecular formula is C30H31N7O. The molecule has 1 N–H and O–H groups in total. The molecule has 3 aromatic heterocycles. The van der Waals surface area contributed by atoms with E-state index in [4.69, 9.17) is 9.84 Å². The van der Waals surface area contributed by atoms with Crippen molar-refractivity contribution in [1.29, 1.82) is 0 Å². The summed E-state index contributed by atoms with van der Waals surface area (Å²) in [5.74, 6) is 0. The molecular weight excluding hydrogens is 474 g/mol. The lowest BCUT2D eigenvalue weighted by atomic mass is 9.95. The fraction of sp³-hybridized carbons (Fsp3) is 0.333. The van der Waals surface area contributed by atoms with Crippen LogP contribution in [0, 0.1) is 6.92 Å². The summed E-state index contributed by atoms with van der Waals surface area (Å²) in [4.78, 5) is 4.40. The van der Waals surface area contributed by atoms with Gasteiger partial charge in [0.05, 0.1) is 17.4 Å². The second-order valence-corrected chi connectivity index (χ2v) is 10.5. The Bertz CT molecular complexity index is 1630. The number of aromatic nitrogens is 6. The van der Waals surface area contributed by atoms with Gasteiger partial charge in [-0.1, -0.05) is 17.3 Å². The highest BCUT2D eigenvalue weighted by Crippen LogP contribution is 2.35. The highest BCUT2D eigenvalue weighted by atomic mass is 16.5. The molecule has 0 aliphatic carbocycles. The maximum Gasteiger partial charge on any atom is 0.150 e. The van der Waals surface area contributed by atoms with Crippen LogP contribution in [0.25, 0.3) is 39.1 Å². The minimum atomic E-state index is -0.0730. The standard InChI is InChI=1S/C30H31N7O/c1-19-13-23(17-31-16-19)22-7-9-28-26(14-22)30(34-37(28)29-5-3-4-12-38-29)27-18-36(35-33-27)24-8-6-21-10-11-32-20(2)25(21)15-24/h6-9,13-18,20,29,32H,3-5,10-12H2,1-2H3. The van der Waals surface area contributed by atoms with Crippen molar-refractivity contribution in [2.24, 2.45) is 0 Å². The highest BCUT2D eigenvalue weighted by Gasteiger charge is 2.24. The average Bonchev–Trinajstić information content (AvgIpc) is 3.59. The minimum absolute atomic E-state index is 0.0730. The van der Waals surface area contributed by atoms with Gasteiger partial charge in [0, 0.05) is 36.0 Å². The second-order valence-electron chi connectivity index (χ2n) is 10.5. The van der Waals surface area contributed by atoms with Crippen molar-refractivity contribution in [3.8, 4) is 28.2 Å². The van der Waals surface area contributed by atoms with E-state index < -0.39 is 0 Å². The summed E-state index contributed by atoms with van der Waals surface area (Å²) in [5.41, 5.74) is 9.64. The van der Waals surface area contributed by atoms with Crippen LogP contribution in [0.4, 0.5) is 0 Å². The van der Waals surface area contributed by atoms with Gasteiger partial charge in [0.25, 0.3) is 0 Å². The normalized spacial score (nSPS) is 19.5. The number of aryl methyl sites for hydroxylation is 1. The third kappa shape index (κ3) is 4.10. The van der Waals surface area contributed by atoms with Gasteiger partial charge in [-0.25, -0.2) is 9.36 Å². The fourth-order valence-electron chi connectivity index (χ4n) is 5.75. The Morgan fingerprint density at radius 2 is 1.97 bits per heavy atom. The molecule has 0 spiro atoms. The van der Waals surface area contributed by atoms with E-state index in [1.165, 1.54) is 11.1 Å². The van der Waals surface area contributed by atoms with Crippen molar-refractivity contribution in [1.82, 2.24) is 35.1 Å². The Labute approximate surface area is 221 Å². The summed E-state index contributed by atoms with van der Waals surface area (Å²) >= 11 is 0. The lowest BCUT2D eigenvalue weighted by Gasteiger charge is -2.24. The Morgan fingerprint density at radius 3 is 2.84 bits per heavy atom. The number of hydrogen-bond donors (Lipinski definition) is 1. The van der Waals surface area contributed by atoms with Gasteiger partial charge in [-0.2, -0.15) is 5.10 Å². The number of hydrogen-bond acceptors (Lipinski definition) is 6. The molecule has 2 atom stereocenters. The lowest BCUT2D eigenvalue weighted by molar-refractivity contribution is -0.0365.